The third-order valence-corrected chi connectivity index (χ3v) is 8.36. The maximum Gasteiger partial charge on any atom is 0.264 e. The Kier molecular flexibility index (Phi) is 8.26. The second-order valence-corrected chi connectivity index (χ2v) is 11.9. The zero-order valence-electron chi connectivity index (χ0n) is 20.3. The molecule has 0 saturated heterocycles. The Bertz CT molecular complexity index is 1420. The number of carbonyl (C=O) groups excluding carboxylic acids is 1. The number of ether oxygens (including phenoxy) is 2. The van der Waals surface area contributed by atoms with Gasteiger partial charge in [0, 0.05) is 12.3 Å². The molecule has 192 valence electrons. The zero-order chi connectivity index (χ0) is 26.5. The van der Waals surface area contributed by atoms with Gasteiger partial charge in [-0.25, -0.2) is 16.8 Å². The van der Waals surface area contributed by atoms with E-state index in [0.717, 1.165) is 10.6 Å². The molecule has 0 heterocycles. The third-order valence-electron chi connectivity index (χ3n) is 5.46. The lowest BCUT2D eigenvalue weighted by Crippen LogP contribution is -2.41. The van der Waals surface area contributed by atoms with Crippen LogP contribution in [-0.2, 0) is 24.7 Å². The Balaban J connectivity index is 1.88. The van der Waals surface area contributed by atoms with Crippen LogP contribution in [0.3, 0.4) is 0 Å². The van der Waals surface area contributed by atoms with Gasteiger partial charge in [-0.1, -0.05) is 30.3 Å². The first-order valence-corrected chi connectivity index (χ1v) is 14.2. The van der Waals surface area contributed by atoms with E-state index in [1.807, 2.05) is 0 Å². The Hall–Kier alpha value is -3.57. The lowest BCUT2D eigenvalue weighted by Gasteiger charge is -2.25. The molecule has 11 heteroatoms. The highest BCUT2D eigenvalue weighted by Crippen LogP contribution is 2.32. The second-order valence-electron chi connectivity index (χ2n) is 7.99. The number of hydrogen-bond donors (Lipinski definition) is 1. The number of nitrogens with one attached hydrogen (secondary N) is 1. The van der Waals surface area contributed by atoms with Crippen molar-refractivity contribution in [2.24, 2.45) is 0 Å². The molecule has 1 N–H and O–H groups in total. The van der Waals surface area contributed by atoms with Crippen LogP contribution in [0.25, 0.3) is 0 Å². The normalized spacial score (nSPS) is 12.4. The fourth-order valence-electron chi connectivity index (χ4n) is 3.52. The van der Waals surface area contributed by atoms with Crippen LogP contribution < -0.4 is 19.1 Å². The molecule has 36 heavy (non-hydrogen) atoms. The smallest absolute Gasteiger partial charge is 0.264 e. The minimum absolute atomic E-state index is 0.0683. The van der Waals surface area contributed by atoms with Crippen LogP contribution in [0.5, 0.6) is 11.5 Å². The lowest BCUT2D eigenvalue weighted by molar-refractivity contribution is -0.120. The van der Waals surface area contributed by atoms with E-state index in [9.17, 15) is 21.6 Å². The van der Waals surface area contributed by atoms with E-state index in [2.05, 4.69) is 5.32 Å². The maximum atomic E-state index is 13.6. The van der Waals surface area contributed by atoms with Gasteiger partial charge in [-0.2, -0.15) is 0 Å². The summed E-state index contributed by atoms with van der Waals surface area (Å²) < 4.78 is 62.1. The largest absolute Gasteiger partial charge is 0.493 e. The molecule has 0 saturated carbocycles. The molecule has 0 aliphatic heterocycles. The van der Waals surface area contributed by atoms with Crippen molar-refractivity contribution < 1.29 is 31.1 Å². The number of carbonyl (C=O) groups is 1. The number of amides is 1. The summed E-state index contributed by atoms with van der Waals surface area (Å²) in [6.07, 6.45) is 1.12. The van der Waals surface area contributed by atoms with Crippen molar-refractivity contribution in [3.63, 3.8) is 0 Å². The number of para-hydroxylation sites is 1. The van der Waals surface area contributed by atoms with Gasteiger partial charge in [0.05, 0.1) is 35.7 Å². The molecular formula is C25H28N2O7S2. The van der Waals surface area contributed by atoms with Crippen LogP contribution in [-0.4, -0.2) is 49.8 Å². The van der Waals surface area contributed by atoms with E-state index < -0.39 is 38.4 Å². The lowest BCUT2D eigenvalue weighted by atomic mass is 10.1. The van der Waals surface area contributed by atoms with Crippen LogP contribution in [0, 0.1) is 0 Å². The molecule has 0 fully saturated rings. The fourth-order valence-corrected chi connectivity index (χ4v) is 5.59. The van der Waals surface area contributed by atoms with Gasteiger partial charge in [0.2, 0.25) is 5.91 Å². The summed E-state index contributed by atoms with van der Waals surface area (Å²) in [6, 6.07) is 18.1. The van der Waals surface area contributed by atoms with Crippen LogP contribution in [0.15, 0.2) is 82.6 Å². The number of benzene rings is 3. The van der Waals surface area contributed by atoms with Crippen LogP contribution in [0.4, 0.5) is 5.69 Å². The molecule has 0 unspecified atom stereocenters. The Morgan fingerprint density at radius 1 is 0.861 bits per heavy atom. The summed E-state index contributed by atoms with van der Waals surface area (Å²) in [5, 5.41) is 2.78. The Morgan fingerprint density at radius 2 is 1.44 bits per heavy atom. The molecule has 0 aliphatic rings. The van der Waals surface area contributed by atoms with Gasteiger partial charge in [0.15, 0.2) is 21.3 Å². The molecule has 0 aromatic heterocycles. The molecule has 3 aromatic rings. The molecule has 1 atom stereocenters. The minimum Gasteiger partial charge on any atom is -0.493 e. The van der Waals surface area contributed by atoms with Crippen molar-refractivity contribution in [1.82, 2.24) is 5.32 Å². The molecule has 3 rings (SSSR count). The topological polar surface area (TPSA) is 119 Å². The summed E-state index contributed by atoms with van der Waals surface area (Å²) in [5.74, 6) is 0.0703. The van der Waals surface area contributed by atoms with Crippen molar-refractivity contribution in [3.05, 3.63) is 78.4 Å². The number of rotatable bonds is 10. The summed E-state index contributed by atoms with van der Waals surface area (Å²) >= 11 is 0. The van der Waals surface area contributed by atoms with E-state index in [0.29, 0.717) is 17.0 Å². The molecule has 9 nitrogen and oxygen atoms in total. The average molecular weight is 533 g/mol. The highest BCUT2D eigenvalue weighted by Gasteiger charge is 2.28. The third kappa shape index (κ3) is 6.16. The van der Waals surface area contributed by atoms with E-state index in [1.165, 1.54) is 44.6 Å². The average Bonchev–Trinajstić information content (AvgIpc) is 2.86. The highest BCUT2D eigenvalue weighted by molar-refractivity contribution is 7.93. The summed E-state index contributed by atoms with van der Waals surface area (Å²) in [4.78, 5) is 13.1. The van der Waals surface area contributed by atoms with Gasteiger partial charge in [-0.3, -0.25) is 9.10 Å². The number of hydrogen-bond acceptors (Lipinski definition) is 7. The number of anilines is 1. The first-order valence-electron chi connectivity index (χ1n) is 10.9. The Labute approximate surface area is 211 Å². The zero-order valence-corrected chi connectivity index (χ0v) is 22.0. The standard InChI is InChI=1S/C25H28N2O7S2/c1-18(19-10-12-21(13-11-19)35(4,29)30)26-25(28)17-27(20-8-6-5-7-9-20)36(31,32)22-14-15-23(33-2)24(16-22)34-3/h5-16,18H,17H2,1-4H3,(H,26,28)/t18-/m1/s1. The SMILES string of the molecule is COc1ccc(S(=O)(=O)N(CC(=O)N[C@H](C)c2ccc(S(C)(=O)=O)cc2)c2ccccc2)cc1OC. The number of sulfone groups is 1. The molecule has 1 amide bonds. The summed E-state index contributed by atoms with van der Waals surface area (Å²) in [7, 11) is -4.65. The van der Waals surface area contributed by atoms with Crippen molar-refractivity contribution in [3.8, 4) is 11.5 Å². The van der Waals surface area contributed by atoms with Crippen LogP contribution >= 0.6 is 0 Å². The van der Waals surface area contributed by atoms with E-state index in [-0.39, 0.29) is 15.5 Å². The summed E-state index contributed by atoms with van der Waals surface area (Å²) in [5.41, 5.74) is 0.984. The van der Waals surface area contributed by atoms with E-state index in [1.54, 1.807) is 49.4 Å². The fraction of sp³-hybridized carbons (Fsp3) is 0.240. The molecular weight excluding hydrogens is 504 g/mol. The van der Waals surface area contributed by atoms with Crippen molar-refractivity contribution in [2.45, 2.75) is 22.8 Å². The van der Waals surface area contributed by atoms with Crippen LogP contribution in [0.1, 0.15) is 18.5 Å². The number of methoxy groups -OCH3 is 2. The molecule has 0 spiro atoms. The van der Waals surface area contributed by atoms with Gasteiger partial charge >= 0.3 is 0 Å². The number of nitrogens with zero attached hydrogens (tertiary/aromatic N) is 1. The second kappa shape index (κ2) is 11.0. The van der Waals surface area contributed by atoms with Crippen LogP contribution in [0.2, 0.25) is 0 Å². The van der Waals surface area contributed by atoms with Gasteiger partial charge < -0.3 is 14.8 Å². The van der Waals surface area contributed by atoms with Gasteiger partial charge in [-0.05, 0) is 48.9 Å². The van der Waals surface area contributed by atoms with Crippen molar-refractivity contribution >= 4 is 31.5 Å². The van der Waals surface area contributed by atoms with E-state index >= 15 is 0 Å². The first kappa shape index (κ1) is 27.0. The quantitative estimate of drug-likeness (QED) is 0.426. The first-order chi connectivity index (χ1) is 17.0. The van der Waals surface area contributed by atoms with Gasteiger partial charge in [-0.15, -0.1) is 0 Å². The predicted octanol–water partition coefficient (Wildman–Crippen LogP) is 3.18. The highest BCUT2D eigenvalue weighted by atomic mass is 32.2. The minimum atomic E-state index is -4.16. The molecule has 3 aromatic carbocycles. The molecule has 0 radical (unpaired) electrons. The monoisotopic (exact) mass is 532 g/mol. The molecule has 0 bridgehead atoms. The van der Waals surface area contributed by atoms with Crippen molar-refractivity contribution in [1.29, 1.82) is 0 Å². The Morgan fingerprint density at radius 3 is 2.00 bits per heavy atom. The van der Waals surface area contributed by atoms with Gasteiger partial charge in [0.25, 0.3) is 10.0 Å². The van der Waals surface area contributed by atoms with Gasteiger partial charge in [0.1, 0.15) is 6.54 Å². The maximum absolute atomic E-state index is 13.6. The van der Waals surface area contributed by atoms with Crippen molar-refractivity contribution in [2.75, 3.05) is 31.3 Å². The molecule has 0 aliphatic carbocycles. The van der Waals surface area contributed by atoms with E-state index in [4.69, 9.17) is 9.47 Å². The predicted molar refractivity (Wildman–Crippen MR) is 137 cm³/mol. The summed E-state index contributed by atoms with van der Waals surface area (Å²) in [6.45, 7) is 1.25. The number of sulfonamides is 1.